The first-order valence-electron chi connectivity index (χ1n) is 9.29. The Morgan fingerprint density at radius 3 is 2.68 bits per heavy atom. The van der Waals surface area contributed by atoms with Crippen molar-refractivity contribution < 1.29 is 13.9 Å². The number of benzene rings is 2. The molecule has 9 heteroatoms. The Balaban J connectivity index is 1.74. The van der Waals surface area contributed by atoms with Crippen molar-refractivity contribution in [1.29, 1.82) is 0 Å². The minimum Gasteiger partial charge on any atom is -0.495 e. The zero-order valence-electron chi connectivity index (χ0n) is 16.4. The third-order valence-corrected chi connectivity index (χ3v) is 4.83. The first-order valence-corrected chi connectivity index (χ1v) is 9.67. The normalized spacial score (nSPS) is 10.7. The average molecular weight is 438 g/mol. The molecule has 2 heterocycles. The number of carbonyl (C=O) groups is 1. The highest BCUT2D eigenvalue weighted by atomic mass is 35.5. The van der Waals surface area contributed by atoms with E-state index in [1.807, 2.05) is 0 Å². The third-order valence-electron chi connectivity index (χ3n) is 4.59. The van der Waals surface area contributed by atoms with E-state index in [2.05, 4.69) is 20.6 Å². The van der Waals surface area contributed by atoms with Crippen LogP contribution in [0.3, 0.4) is 0 Å². The molecular formula is C22H17ClFN5O2. The average Bonchev–Trinajstić information content (AvgIpc) is 3.20. The molecule has 0 bridgehead atoms. The van der Waals surface area contributed by atoms with Gasteiger partial charge in [-0.05, 0) is 36.4 Å². The molecule has 31 heavy (non-hydrogen) atoms. The molecule has 0 spiro atoms. The number of nitrogens with one attached hydrogen (secondary N) is 1. The van der Waals surface area contributed by atoms with Crippen molar-refractivity contribution in [1.82, 2.24) is 20.0 Å². The van der Waals surface area contributed by atoms with Gasteiger partial charge in [-0.3, -0.25) is 9.78 Å². The number of hydrogen-bond donors (Lipinski definition) is 1. The third kappa shape index (κ3) is 4.39. The molecule has 1 amide bonds. The summed E-state index contributed by atoms with van der Waals surface area (Å²) in [5.74, 6) is -0.428. The van der Waals surface area contributed by atoms with Crippen molar-refractivity contribution in [2.24, 2.45) is 0 Å². The van der Waals surface area contributed by atoms with Gasteiger partial charge in [0, 0.05) is 28.5 Å². The minimum atomic E-state index is -0.507. The molecule has 0 aliphatic heterocycles. The van der Waals surface area contributed by atoms with Gasteiger partial charge in [0.25, 0.3) is 5.91 Å². The molecule has 0 atom stereocenters. The van der Waals surface area contributed by atoms with Gasteiger partial charge in [-0.15, -0.1) is 5.10 Å². The second-order valence-corrected chi connectivity index (χ2v) is 7.01. The van der Waals surface area contributed by atoms with Gasteiger partial charge in [0.2, 0.25) is 0 Å². The highest BCUT2D eigenvalue weighted by Gasteiger charge is 2.23. The standard InChI is InChI=1S/C22H17ClFN5O2/c1-31-19-7-6-16(23)12-18(19)26-22(30)20-21(14-8-10-25-11-9-14)29(28-27-20)13-15-4-2-3-5-17(15)24/h2-12H,13H2,1H3,(H,26,30). The number of halogens is 2. The van der Waals surface area contributed by atoms with Crippen LogP contribution in [-0.4, -0.2) is 33.0 Å². The summed E-state index contributed by atoms with van der Waals surface area (Å²) in [6.07, 6.45) is 3.19. The van der Waals surface area contributed by atoms with E-state index in [1.54, 1.807) is 60.9 Å². The fourth-order valence-electron chi connectivity index (χ4n) is 3.12. The number of hydrogen-bond acceptors (Lipinski definition) is 5. The molecule has 4 aromatic rings. The number of aromatic nitrogens is 4. The predicted molar refractivity (Wildman–Crippen MR) is 115 cm³/mol. The Morgan fingerprint density at radius 2 is 1.94 bits per heavy atom. The minimum absolute atomic E-state index is 0.0737. The van der Waals surface area contributed by atoms with Gasteiger partial charge in [-0.25, -0.2) is 9.07 Å². The van der Waals surface area contributed by atoms with Crippen LogP contribution in [0.4, 0.5) is 10.1 Å². The highest BCUT2D eigenvalue weighted by Crippen LogP contribution is 2.29. The van der Waals surface area contributed by atoms with Crippen LogP contribution in [-0.2, 0) is 6.54 Å². The molecule has 0 fully saturated rings. The van der Waals surface area contributed by atoms with E-state index in [4.69, 9.17) is 16.3 Å². The molecular weight excluding hydrogens is 421 g/mol. The highest BCUT2D eigenvalue weighted by molar-refractivity contribution is 6.31. The molecule has 2 aromatic carbocycles. The Labute approximate surface area is 182 Å². The number of amides is 1. The lowest BCUT2D eigenvalue weighted by molar-refractivity contribution is 0.102. The van der Waals surface area contributed by atoms with Crippen LogP contribution in [0.5, 0.6) is 5.75 Å². The first kappa shape index (κ1) is 20.5. The van der Waals surface area contributed by atoms with Crippen molar-refractivity contribution in [3.8, 4) is 17.0 Å². The Kier molecular flexibility index (Phi) is 5.90. The van der Waals surface area contributed by atoms with E-state index in [0.717, 1.165) is 0 Å². The van der Waals surface area contributed by atoms with Gasteiger partial charge >= 0.3 is 0 Å². The molecule has 1 N–H and O–H groups in total. The van der Waals surface area contributed by atoms with Crippen LogP contribution in [0.25, 0.3) is 11.3 Å². The second kappa shape index (κ2) is 8.93. The maximum atomic E-state index is 14.2. The lowest BCUT2D eigenvalue weighted by Gasteiger charge is -2.11. The van der Waals surface area contributed by atoms with Crippen molar-refractivity contribution in [3.05, 3.63) is 89.1 Å². The van der Waals surface area contributed by atoms with E-state index < -0.39 is 5.91 Å². The van der Waals surface area contributed by atoms with E-state index in [9.17, 15) is 9.18 Å². The first-order chi connectivity index (χ1) is 15.1. The maximum Gasteiger partial charge on any atom is 0.278 e. The number of methoxy groups -OCH3 is 1. The fraction of sp³-hybridized carbons (Fsp3) is 0.0909. The van der Waals surface area contributed by atoms with Gasteiger partial charge in [0.05, 0.1) is 19.3 Å². The number of pyridine rings is 1. The van der Waals surface area contributed by atoms with Gasteiger partial charge in [0.15, 0.2) is 5.69 Å². The van der Waals surface area contributed by atoms with Crippen LogP contribution in [0, 0.1) is 5.82 Å². The molecule has 0 aliphatic rings. The van der Waals surface area contributed by atoms with Gasteiger partial charge < -0.3 is 10.1 Å². The molecule has 0 unspecified atom stereocenters. The smallest absolute Gasteiger partial charge is 0.278 e. The van der Waals surface area contributed by atoms with Gasteiger partial charge in [-0.1, -0.05) is 35.0 Å². The molecule has 0 saturated heterocycles. The number of nitrogens with zero attached hydrogens (tertiary/aromatic N) is 4. The SMILES string of the molecule is COc1ccc(Cl)cc1NC(=O)c1nnn(Cc2ccccc2F)c1-c1ccncc1. The summed E-state index contributed by atoms with van der Waals surface area (Å²) < 4.78 is 21.0. The molecule has 0 radical (unpaired) electrons. The van der Waals surface area contributed by atoms with Crippen molar-refractivity contribution in [2.45, 2.75) is 6.54 Å². The Bertz CT molecular complexity index is 1230. The van der Waals surface area contributed by atoms with E-state index in [-0.39, 0.29) is 18.1 Å². The van der Waals surface area contributed by atoms with Crippen molar-refractivity contribution in [3.63, 3.8) is 0 Å². The van der Waals surface area contributed by atoms with E-state index in [1.165, 1.54) is 17.9 Å². The van der Waals surface area contributed by atoms with E-state index >= 15 is 0 Å². The molecule has 0 saturated carbocycles. The summed E-state index contributed by atoms with van der Waals surface area (Å²) in [5, 5.41) is 11.4. The molecule has 4 rings (SSSR count). The summed E-state index contributed by atoms with van der Waals surface area (Å²) in [7, 11) is 1.49. The largest absolute Gasteiger partial charge is 0.495 e. The van der Waals surface area contributed by atoms with Crippen LogP contribution < -0.4 is 10.1 Å². The van der Waals surface area contributed by atoms with E-state index in [0.29, 0.717) is 33.3 Å². The number of rotatable bonds is 6. The molecule has 2 aromatic heterocycles. The van der Waals surface area contributed by atoms with Gasteiger partial charge in [-0.2, -0.15) is 0 Å². The Hall–Kier alpha value is -3.78. The predicted octanol–water partition coefficient (Wildman–Crippen LogP) is 4.44. The molecule has 156 valence electrons. The van der Waals surface area contributed by atoms with Crippen LogP contribution in [0.15, 0.2) is 67.0 Å². The molecule has 0 aliphatic carbocycles. The summed E-state index contributed by atoms with van der Waals surface area (Å²) in [6, 6.07) is 14.7. The molecule has 7 nitrogen and oxygen atoms in total. The lowest BCUT2D eigenvalue weighted by atomic mass is 10.1. The zero-order chi connectivity index (χ0) is 21.8. The number of anilines is 1. The summed E-state index contributed by atoms with van der Waals surface area (Å²) in [5.41, 5.74) is 1.99. The maximum absolute atomic E-state index is 14.2. The summed E-state index contributed by atoms with van der Waals surface area (Å²) in [6.45, 7) is 0.102. The Morgan fingerprint density at radius 1 is 1.16 bits per heavy atom. The zero-order valence-corrected chi connectivity index (χ0v) is 17.2. The van der Waals surface area contributed by atoms with Crippen molar-refractivity contribution in [2.75, 3.05) is 12.4 Å². The number of carbonyl (C=O) groups excluding carboxylic acids is 1. The van der Waals surface area contributed by atoms with Crippen LogP contribution in [0.2, 0.25) is 5.02 Å². The quantitative estimate of drug-likeness (QED) is 0.482. The fourth-order valence-corrected chi connectivity index (χ4v) is 3.29. The van der Waals surface area contributed by atoms with Crippen molar-refractivity contribution >= 4 is 23.2 Å². The lowest BCUT2D eigenvalue weighted by Crippen LogP contribution is -2.15. The summed E-state index contributed by atoms with van der Waals surface area (Å²) >= 11 is 6.06. The second-order valence-electron chi connectivity index (χ2n) is 6.57. The summed E-state index contributed by atoms with van der Waals surface area (Å²) in [4.78, 5) is 17.1. The number of ether oxygens (including phenoxy) is 1. The monoisotopic (exact) mass is 437 g/mol. The van der Waals surface area contributed by atoms with Gasteiger partial charge in [0.1, 0.15) is 17.3 Å². The van der Waals surface area contributed by atoms with Crippen LogP contribution >= 0.6 is 11.6 Å². The van der Waals surface area contributed by atoms with Crippen LogP contribution in [0.1, 0.15) is 16.1 Å². The topological polar surface area (TPSA) is 81.9 Å².